The van der Waals surface area contributed by atoms with E-state index in [2.05, 4.69) is 50.4 Å². The first-order valence-corrected chi connectivity index (χ1v) is 7.57. The van der Waals surface area contributed by atoms with Crippen LogP contribution in [0.25, 0.3) is 0 Å². The molecule has 1 aromatic carbocycles. The molecule has 0 bridgehead atoms. The monoisotopic (exact) mass is 261 g/mol. The van der Waals surface area contributed by atoms with E-state index in [9.17, 15) is 0 Å². The van der Waals surface area contributed by atoms with Crippen LogP contribution in [0.5, 0.6) is 0 Å². The fourth-order valence-corrected chi connectivity index (χ4v) is 3.06. The number of aryl methyl sites for hydroxylation is 1. The fourth-order valence-electron chi connectivity index (χ4n) is 3.06. The van der Waals surface area contributed by atoms with E-state index >= 15 is 0 Å². The van der Waals surface area contributed by atoms with Gasteiger partial charge in [0.25, 0.3) is 0 Å². The van der Waals surface area contributed by atoms with Gasteiger partial charge in [-0.2, -0.15) is 0 Å². The van der Waals surface area contributed by atoms with Crippen LogP contribution in [0.4, 0.5) is 0 Å². The van der Waals surface area contributed by atoms with Crippen molar-refractivity contribution in [2.75, 3.05) is 13.2 Å². The van der Waals surface area contributed by atoms with Gasteiger partial charge in [0.05, 0.1) is 5.60 Å². The number of hydrogen-bond donors (Lipinski definition) is 1. The molecule has 1 aromatic rings. The van der Waals surface area contributed by atoms with Crippen molar-refractivity contribution in [1.82, 2.24) is 5.32 Å². The maximum absolute atomic E-state index is 6.12. The van der Waals surface area contributed by atoms with Gasteiger partial charge in [-0.15, -0.1) is 0 Å². The molecular weight excluding hydrogens is 234 g/mol. The first kappa shape index (κ1) is 14.5. The van der Waals surface area contributed by atoms with E-state index < -0.39 is 0 Å². The highest BCUT2D eigenvalue weighted by Gasteiger charge is 2.36. The molecule has 1 heterocycles. The van der Waals surface area contributed by atoms with Gasteiger partial charge in [-0.25, -0.2) is 0 Å². The van der Waals surface area contributed by atoms with E-state index in [1.54, 1.807) is 0 Å². The zero-order valence-corrected chi connectivity index (χ0v) is 12.5. The molecule has 19 heavy (non-hydrogen) atoms. The molecule has 1 aliphatic rings. The van der Waals surface area contributed by atoms with Crippen LogP contribution in [0.2, 0.25) is 0 Å². The summed E-state index contributed by atoms with van der Waals surface area (Å²) in [6, 6.07) is 9.22. The molecule has 1 fully saturated rings. The smallest absolute Gasteiger partial charge is 0.0810 e. The van der Waals surface area contributed by atoms with E-state index in [0.29, 0.717) is 6.04 Å². The highest BCUT2D eigenvalue weighted by Crippen LogP contribution is 2.29. The molecule has 2 nitrogen and oxygen atoms in total. The number of ether oxygens (including phenoxy) is 1. The molecule has 1 aliphatic heterocycles. The lowest BCUT2D eigenvalue weighted by atomic mass is 9.84. The van der Waals surface area contributed by atoms with Crippen LogP contribution in [0.3, 0.4) is 0 Å². The first-order valence-electron chi connectivity index (χ1n) is 7.57. The lowest BCUT2D eigenvalue weighted by Crippen LogP contribution is -2.53. The van der Waals surface area contributed by atoms with Crippen LogP contribution in [0.1, 0.15) is 44.2 Å². The largest absolute Gasteiger partial charge is 0.374 e. The highest BCUT2D eigenvalue weighted by molar-refractivity contribution is 5.23. The summed E-state index contributed by atoms with van der Waals surface area (Å²) in [6.45, 7) is 8.51. The maximum atomic E-state index is 6.12. The van der Waals surface area contributed by atoms with Crippen LogP contribution in [0, 0.1) is 6.92 Å². The average molecular weight is 261 g/mol. The molecule has 2 rings (SSSR count). The Hall–Kier alpha value is -0.860. The predicted octanol–water partition coefficient (Wildman–Crippen LogP) is 3.47. The molecule has 106 valence electrons. The Kier molecular flexibility index (Phi) is 5.00. The minimum Gasteiger partial charge on any atom is -0.374 e. The average Bonchev–Trinajstić information content (AvgIpc) is 2.39. The van der Waals surface area contributed by atoms with E-state index in [1.807, 2.05) is 0 Å². The number of rotatable bonds is 5. The third-order valence-corrected chi connectivity index (χ3v) is 4.21. The quantitative estimate of drug-likeness (QED) is 0.876. The Morgan fingerprint density at radius 3 is 2.84 bits per heavy atom. The van der Waals surface area contributed by atoms with Crippen molar-refractivity contribution in [2.45, 2.75) is 58.1 Å². The molecule has 2 unspecified atom stereocenters. The van der Waals surface area contributed by atoms with Gasteiger partial charge in [0.15, 0.2) is 0 Å². The molecule has 0 radical (unpaired) electrons. The summed E-state index contributed by atoms with van der Waals surface area (Å²) in [5.41, 5.74) is 2.72. The summed E-state index contributed by atoms with van der Waals surface area (Å²) < 4.78 is 6.12. The topological polar surface area (TPSA) is 21.3 Å². The van der Waals surface area contributed by atoms with E-state index in [-0.39, 0.29) is 5.60 Å². The van der Waals surface area contributed by atoms with Gasteiger partial charge in [0, 0.05) is 12.6 Å². The zero-order valence-electron chi connectivity index (χ0n) is 12.5. The highest BCUT2D eigenvalue weighted by atomic mass is 16.5. The van der Waals surface area contributed by atoms with Crippen LogP contribution >= 0.6 is 0 Å². The number of hydrogen-bond acceptors (Lipinski definition) is 2. The van der Waals surface area contributed by atoms with Crippen molar-refractivity contribution >= 4 is 0 Å². The fraction of sp³-hybridized carbons (Fsp3) is 0.647. The molecule has 0 amide bonds. The van der Waals surface area contributed by atoms with E-state index in [0.717, 1.165) is 26.0 Å². The minimum atomic E-state index is -0.0159. The molecular formula is C17H27NO. The Morgan fingerprint density at radius 1 is 1.37 bits per heavy atom. The molecule has 0 saturated carbocycles. The Labute approximate surface area is 117 Å². The van der Waals surface area contributed by atoms with E-state index in [4.69, 9.17) is 4.74 Å². The summed E-state index contributed by atoms with van der Waals surface area (Å²) in [5, 5.41) is 3.64. The summed E-state index contributed by atoms with van der Waals surface area (Å²) in [5.74, 6) is 0. The molecule has 1 saturated heterocycles. The minimum absolute atomic E-state index is 0.0159. The maximum Gasteiger partial charge on any atom is 0.0810 e. The second kappa shape index (κ2) is 6.53. The lowest BCUT2D eigenvalue weighted by Gasteiger charge is -2.41. The van der Waals surface area contributed by atoms with Crippen LogP contribution in [0.15, 0.2) is 24.3 Å². The molecule has 0 spiro atoms. The molecule has 2 heteroatoms. The SMILES string of the molecule is CCNC(Cc1cccc(C)c1)C1(C)CCCCO1. The molecule has 2 atom stereocenters. The molecule has 0 aliphatic carbocycles. The van der Waals surface area contributed by atoms with Crippen LogP contribution < -0.4 is 5.32 Å². The van der Waals surface area contributed by atoms with Gasteiger partial charge in [0.2, 0.25) is 0 Å². The summed E-state index contributed by atoms with van der Waals surface area (Å²) in [7, 11) is 0. The van der Waals surface area contributed by atoms with Gasteiger partial charge in [0.1, 0.15) is 0 Å². The van der Waals surface area contributed by atoms with Crippen molar-refractivity contribution < 1.29 is 4.74 Å². The van der Waals surface area contributed by atoms with Gasteiger partial charge in [-0.3, -0.25) is 0 Å². The summed E-state index contributed by atoms with van der Waals surface area (Å²) in [4.78, 5) is 0. The Bertz CT molecular complexity index is 396. The molecule has 0 aromatic heterocycles. The number of benzene rings is 1. The van der Waals surface area contributed by atoms with Crippen LogP contribution in [-0.4, -0.2) is 24.8 Å². The van der Waals surface area contributed by atoms with Crippen molar-refractivity contribution in [2.24, 2.45) is 0 Å². The third kappa shape index (κ3) is 3.80. The number of likely N-dealkylation sites (N-methyl/N-ethyl adjacent to an activating group) is 1. The summed E-state index contributed by atoms with van der Waals surface area (Å²) >= 11 is 0. The third-order valence-electron chi connectivity index (χ3n) is 4.21. The standard InChI is InChI=1S/C17H27NO/c1-4-18-16(17(3)10-5-6-11-19-17)13-15-9-7-8-14(2)12-15/h7-9,12,16,18H,4-6,10-11,13H2,1-3H3. The van der Waals surface area contributed by atoms with Gasteiger partial charge < -0.3 is 10.1 Å². The predicted molar refractivity (Wildman–Crippen MR) is 80.6 cm³/mol. The van der Waals surface area contributed by atoms with Crippen molar-refractivity contribution in [3.63, 3.8) is 0 Å². The van der Waals surface area contributed by atoms with Gasteiger partial charge >= 0.3 is 0 Å². The van der Waals surface area contributed by atoms with Crippen molar-refractivity contribution in [3.8, 4) is 0 Å². The first-order chi connectivity index (χ1) is 9.14. The second-order valence-electron chi connectivity index (χ2n) is 5.92. The zero-order chi connectivity index (χ0) is 13.7. The number of nitrogens with one attached hydrogen (secondary N) is 1. The van der Waals surface area contributed by atoms with Crippen molar-refractivity contribution in [3.05, 3.63) is 35.4 Å². The van der Waals surface area contributed by atoms with Crippen LogP contribution in [-0.2, 0) is 11.2 Å². The van der Waals surface area contributed by atoms with Gasteiger partial charge in [-0.1, -0.05) is 36.8 Å². The Balaban J connectivity index is 2.11. The summed E-state index contributed by atoms with van der Waals surface area (Å²) in [6.07, 6.45) is 4.70. The normalized spacial score (nSPS) is 25.2. The lowest BCUT2D eigenvalue weighted by molar-refractivity contribution is -0.0881. The second-order valence-corrected chi connectivity index (χ2v) is 5.92. The van der Waals surface area contributed by atoms with Gasteiger partial charge in [-0.05, 0) is 51.6 Å². The van der Waals surface area contributed by atoms with Crippen molar-refractivity contribution in [1.29, 1.82) is 0 Å². The Morgan fingerprint density at radius 2 is 2.21 bits per heavy atom. The molecule has 1 N–H and O–H groups in total. The van der Waals surface area contributed by atoms with E-state index in [1.165, 1.54) is 24.0 Å².